The lowest BCUT2D eigenvalue weighted by Gasteiger charge is -2.21. The van der Waals surface area contributed by atoms with Crippen LogP contribution in [0.25, 0.3) is 0 Å². The average Bonchev–Trinajstić information content (AvgIpc) is 2.38. The molecule has 4 heteroatoms. The molecule has 4 nitrogen and oxygen atoms in total. The number of pyridine rings is 1. The summed E-state index contributed by atoms with van der Waals surface area (Å²) in [5.74, 6) is 0.118. The Morgan fingerprint density at radius 2 is 2.31 bits per heavy atom. The Labute approximate surface area is 95.0 Å². The smallest absolute Gasteiger partial charge is 0.225 e. The average molecular weight is 220 g/mol. The maximum atomic E-state index is 11.8. The van der Waals surface area contributed by atoms with Crippen molar-refractivity contribution in [2.24, 2.45) is 5.92 Å². The van der Waals surface area contributed by atoms with E-state index in [2.05, 4.69) is 10.3 Å². The van der Waals surface area contributed by atoms with Crippen LogP contribution in [-0.4, -0.2) is 24.1 Å². The van der Waals surface area contributed by atoms with Crippen LogP contribution in [0.2, 0.25) is 0 Å². The molecule has 86 valence electrons. The number of rotatable bonds is 3. The number of hydrogen-bond acceptors (Lipinski definition) is 3. The highest BCUT2D eigenvalue weighted by Crippen LogP contribution is 2.13. The van der Waals surface area contributed by atoms with Crippen molar-refractivity contribution < 1.29 is 9.53 Å². The fourth-order valence-corrected chi connectivity index (χ4v) is 1.78. The van der Waals surface area contributed by atoms with Gasteiger partial charge in [-0.1, -0.05) is 0 Å². The molecule has 1 amide bonds. The number of hydrogen-bond donors (Lipinski definition) is 1. The summed E-state index contributed by atoms with van der Waals surface area (Å²) in [5.41, 5.74) is 1.07. The molecular weight excluding hydrogens is 204 g/mol. The summed E-state index contributed by atoms with van der Waals surface area (Å²) in [5, 5.41) is 2.92. The topological polar surface area (TPSA) is 51.2 Å². The highest BCUT2D eigenvalue weighted by molar-refractivity contribution is 5.78. The molecule has 1 aromatic heterocycles. The van der Waals surface area contributed by atoms with Gasteiger partial charge in [-0.15, -0.1) is 0 Å². The highest BCUT2D eigenvalue weighted by atomic mass is 16.5. The van der Waals surface area contributed by atoms with Crippen LogP contribution in [0, 0.1) is 5.92 Å². The minimum Gasteiger partial charge on any atom is -0.381 e. The van der Waals surface area contributed by atoms with Crippen molar-refractivity contribution >= 4 is 5.91 Å². The summed E-state index contributed by atoms with van der Waals surface area (Å²) < 4.78 is 5.28. The Kier molecular flexibility index (Phi) is 3.88. The Balaban J connectivity index is 1.79. The molecule has 1 aliphatic rings. The zero-order valence-electron chi connectivity index (χ0n) is 9.19. The van der Waals surface area contributed by atoms with Crippen molar-refractivity contribution in [3.8, 4) is 0 Å². The van der Waals surface area contributed by atoms with Gasteiger partial charge < -0.3 is 10.1 Å². The second-order valence-corrected chi connectivity index (χ2v) is 3.99. The zero-order valence-corrected chi connectivity index (χ0v) is 9.19. The molecule has 1 aromatic rings. The molecule has 1 fully saturated rings. The van der Waals surface area contributed by atoms with Crippen LogP contribution in [0.4, 0.5) is 0 Å². The molecule has 1 saturated heterocycles. The van der Waals surface area contributed by atoms with Crippen molar-refractivity contribution in [2.45, 2.75) is 19.4 Å². The largest absolute Gasteiger partial charge is 0.381 e. The highest BCUT2D eigenvalue weighted by Gasteiger charge is 2.21. The first-order chi connectivity index (χ1) is 7.86. The van der Waals surface area contributed by atoms with Crippen LogP contribution in [0.3, 0.4) is 0 Å². The van der Waals surface area contributed by atoms with E-state index in [9.17, 15) is 4.79 Å². The molecule has 1 atom stereocenters. The maximum Gasteiger partial charge on any atom is 0.225 e. The summed E-state index contributed by atoms with van der Waals surface area (Å²) in [6, 6.07) is 3.80. The first kappa shape index (κ1) is 11.1. The van der Waals surface area contributed by atoms with E-state index in [0.29, 0.717) is 13.2 Å². The Morgan fingerprint density at radius 1 is 1.50 bits per heavy atom. The summed E-state index contributed by atoms with van der Waals surface area (Å²) >= 11 is 0. The summed E-state index contributed by atoms with van der Waals surface area (Å²) in [6.07, 6.45) is 5.37. The van der Waals surface area contributed by atoms with Crippen LogP contribution in [0.5, 0.6) is 0 Å². The molecule has 2 heterocycles. The molecule has 0 saturated carbocycles. The lowest BCUT2D eigenvalue weighted by molar-refractivity contribution is -0.129. The predicted octanol–water partition coefficient (Wildman–Crippen LogP) is 1.12. The van der Waals surface area contributed by atoms with Gasteiger partial charge in [0.05, 0.1) is 12.5 Å². The Bertz CT molecular complexity index is 334. The lowest BCUT2D eigenvalue weighted by Crippen LogP contribution is -2.35. The molecule has 1 aliphatic heterocycles. The molecule has 0 aliphatic carbocycles. The Hall–Kier alpha value is -1.42. The van der Waals surface area contributed by atoms with Crippen molar-refractivity contribution in [3.63, 3.8) is 0 Å². The van der Waals surface area contributed by atoms with Crippen LogP contribution >= 0.6 is 0 Å². The van der Waals surface area contributed by atoms with Gasteiger partial charge in [0.2, 0.25) is 5.91 Å². The Morgan fingerprint density at radius 3 is 3.00 bits per heavy atom. The van der Waals surface area contributed by atoms with Gasteiger partial charge in [-0.2, -0.15) is 0 Å². The van der Waals surface area contributed by atoms with Gasteiger partial charge in [0.25, 0.3) is 0 Å². The van der Waals surface area contributed by atoms with Gasteiger partial charge in [-0.05, 0) is 30.5 Å². The first-order valence-corrected chi connectivity index (χ1v) is 5.60. The number of ether oxygens (including phenoxy) is 1. The van der Waals surface area contributed by atoms with E-state index in [1.807, 2.05) is 12.1 Å². The second kappa shape index (κ2) is 5.61. The number of nitrogens with zero attached hydrogens (tertiary/aromatic N) is 1. The minimum absolute atomic E-state index is 0.0237. The summed E-state index contributed by atoms with van der Waals surface area (Å²) in [6.45, 7) is 1.91. The van der Waals surface area contributed by atoms with Gasteiger partial charge in [0.15, 0.2) is 0 Å². The summed E-state index contributed by atoms with van der Waals surface area (Å²) in [4.78, 5) is 15.7. The van der Waals surface area contributed by atoms with Crippen molar-refractivity contribution in [1.29, 1.82) is 0 Å². The van der Waals surface area contributed by atoms with E-state index in [-0.39, 0.29) is 11.8 Å². The molecule has 0 spiro atoms. The first-order valence-electron chi connectivity index (χ1n) is 5.60. The van der Waals surface area contributed by atoms with Crippen molar-refractivity contribution in [2.75, 3.05) is 13.2 Å². The third kappa shape index (κ3) is 3.03. The van der Waals surface area contributed by atoms with Crippen LogP contribution in [-0.2, 0) is 16.1 Å². The SMILES string of the molecule is O=C(NCc1ccncc1)C1CCCOC1. The minimum atomic E-state index is 0.0237. The standard InChI is InChI=1S/C12H16N2O2/c15-12(11-2-1-7-16-9-11)14-8-10-3-5-13-6-4-10/h3-6,11H,1-2,7-9H2,(H,14,15). The van der Waals surface area contributed by atoms with Gasteiger partial charge in [-0.3, -0.25) is 9.78 Å². The fraction of sp³-hybridized carbons (Fsp3) is 0.500. The van der Waals surface area contributed by atoms with E-state index >= 15 is 0 Å². The van der Waals surface area contributed by atoms with E-state index in [0.717, 1.165) is 25.0 Å². The maximum absolute atomic E-state index is 11.8. The van der Waals surface area contributed by atoms with Gasteiger partial charge >= 0.3 is 0 Å². The molecule has 16 heavy (non-hydrogen) atoms. The number of nitrogens with one attached hydrogen (secondary N) is 1. The molecule has 0 aromatic carbocycles. The third-order valence-corrected chi connectivity index (χ3v) is 2.75. The van der Waals surface area contributed by atoms with Gasteiger partial charge in [-0.25, -0.2) is 0 Å². The molecule has 0 bridgehead atoms. The molecule has 1 unspecified atom stereocenters. The molecular formula is C12H16N2O2. The molecule has 0 radical (unpaired) electrons. The quantitative estimate of drug-likeness (QED) is 0.830. The van der Waals surface area contributed by atoms with E-state index in [4.69, 9.17) is 4.74 Å². The normalized spacial score (nSPS) is 20.4. The lowest BCUT2D eigenvalue weighted by atomic mass is 10.0. The molecule has 2 rings (SSSR count). The number of carbonyl (C=O) groups excluding carboxylic acids is 1. The second-order valence-electron chi connectivity index (χ2n) is 3.99. The van der Waals surface area contributed by atoms with Crippen LogP contribution < -0.4 is 5.32 Å². The van der Waals surface area contributed by atoms with Crippen LogP contribution in [0.15, 0.2) is 24.5 Å². The number of amides is 1. The van der Waals surface area contributed by atoms with Crippen LogP contribution in [0.1, 0.15) is 18.4 Å². The number of aromatic nitrogens is 1. The number of carbonyl (C=O) groups is 1. The monoisotopic (exact) mass is 220 g/mol. The molecule has 1 N–H and O–H groups in total. The van der Waals surface area contributed by atoms with E-state index < -0.39 is 0 Å². The third-order valence-electron chi connectivity index (χ3n) is 2.75. The zero-order chi connectivity index (χ0) is 11.2. The van der Waals surface area contributed by atoms with E-state index in [1.54, 1.807) is 12.4 Å². The fourth-order valence-electron chi connectivity index (χ4n) is 1.78. The van der Waals surface area contributed by atoms with Gasteiger partial charge in [0.1, 0.15) is 0 Å². The van der Waals surface area contributed by atoms with Crippen molar-refractivity contribution in [1.82, 2.24) is 10.3 Å². The summed E-state index contributed by atoms with van der Waals surface area (Å²) in [7, 11) is 0. The van der Waals surface area contributed by atoms with Gasteiger partial charge in [0, 0.05) is 25.5 Å². The predicted molar refractivity (Wildman–Crippen MR) is 59.6 cm³/mol. The van der Waals surface area contributed by atoms with E-state index in [1.165, 1.54) is 0 Å². The van der Waals surface area contributed by atoms with Crippen molar-refractivity contribution in [3.05, 3.63) is 30.1 Å².